The Morgan fingerprint density at radius 2 is 1.20 bits per heavy atom. The number of hydrogen-bond donors (Lipinski definition) is 1. The second-order valence-electron chi connectivity index (χ2n) is 4.50. The minimum atomic E-state index is 0.319. The van der Waals surface area contributed by atoms with Gasteiger partial charge < -0.3 is 5.73 Å². The Bertz CT molecular complexity index is 56.9. The summed E-state index contributed by atoms with van der Waals surface area (Å²) in [4.78, 5) is 0. The molecule has 0 aromatic rings. The summed E-state index contributed by atoms with van der Waals surface area (Å²) in [6, 6.07) is 0. The molecule has 0 radical (unpaired) electrons. The second-order valence-corrected chi connectivity index (χ2v) is 4.50. The van der Waals surface area contributed by atoms with Crippen molar-refractivity contribution in [2.75, 3.05) is 6.54 Å². The van der Waals surface area contributed by atoms with E-state index in [0.29, 0.717) is 5.41 Å². The first-order valence-corrected chi connectivity index (χ1v) is 3.99. The predicted octanol–water partition coefficient (Wildman–Crippen LogP) is 2.65. The maximum absolute atomic E-state index is 5.31. The van der Waals surface area contributed by atoms with Gasteiger partial charge in [-0.15, -0.1) is 0 Å². The zero-order chi connectivity index (χ0) is 8.78. The summed E-state index contributed by atoms with van der Waals surface area (Å²) in [6.45, 7) is 13.6. The van der Waals surface area contributed by atoms with Crippen molar-refractivity contribution in [1.29, 1.82) is 0 Å². The maximum Gasteiger partial charge on any atom is -0.00285 e. The van der Waals surface area contributed by atoms with E-state index in [9.17, 15) is 0 Å². The third-order valence-electron chi connectivity index (χ3n) is 0.612. The molecule has 64 valence electrons. The summed E-state index contributed by atoms with van der Waals surface area (Å²) in [6.07, 6.45) is 0. The van der Waals surface area contributed by atoms with E-state index in [0.717, 1.165) is 12.5 Å². The summed E-state index contributed by atoms with van der Waals surface area (Å²) in [5.74, 6) is 0.833. The van der Waals surface area contributed by atoms with E-state index >= 15 is 0 Å². The van der Waals surface area contributed by atoms with Crippen molar-refractivity contribution in [2.45, 2.75) is 41.5 Å². The number of hydrogen-bond acceptors (Lipinski definition) is 1. The Hall–Kier alpha value is -0.0400. The SMILES string of the molecule is CC(C)(C)CN.CC(C)C. The van der Waals surface area contributed by atoms with Gasteiger partial charge in [0.25, 0.3) is 0 Å². The lowest BCUT2D eigenvalue weighted by Crippen LogP contribution is -2.18. The average Bonchev–Trinajstić information content (AvgIpc) is 1.63. The summed E-state index contributed by atoms with van der Waals surface area (Å²) in [5.41, 5.74) is 5.62. The largest absolute Gasteiger partial charge is 0.330 e. The Labute approximate surface area is 66.0 Å². The molecule has 0 spiro atoms. The highest BCUT2D eigenvalue weighted by Crippen LogP contribution is 2.07. The Morgan fingerprint density at radius 1 is 1.10 bits per heavy atom. The second kappa shape index (κ2) is 5.72. The van der Waals surface area contributed by atoms with Crippen molar-refractivity contribution >= 4 is 0 Å². The molecular weight excluding hydrogens is 122 g/mol. The smallest absolute Gasteiger partial charge is 0.00285 e. The normalized spacial score (nSPS) is 10.8. The van der Waals surface area contributed by atoms with Crippen LogP contribution in [-0.4, -0.2) is 6.54 Å². The van der Waals surface area contributed by atoms with Crippen LogP contribution >= 0.6 is 0 Å². The van der Waals surface area contributed by atoms with E-state index in [2.05, 4.69) is 41.5 Å². The molecule has 0 saturated heterocycles. The molecule has 0 fully saturated rings. The first-order chi connectivity index (χ1) is 4.29. The summed E-state index contributed by atoms with van der Waals surface area (Å²) >= 11 is 0. The molecule has 10 heavy (non-hydrogen) atoms. The van der Waals surface area contributed by atoms with Crippen LogP contribution in [0.3, 0.4) is 0 Å². The van der Waals surface area contributed by atoms with Crippen LogP contribution in [0.2, 0.25) is 0 Å². The molecule has 0 atom stereocenters. The summed E-state index contributed by atoms with van der Waals surface area (Å²) < 4.78 is 0. The van der Waals surface area contributed by atoms with Crippen LogP contribution < -0.4 is 5.73 Å². The zero-order valence-corrected chi connectivity index (χ0v) is 8.36. The lowest BCUT2D eigenvalue weighted by atomic mass is 9.98. The van der Waals surface area contributed by atoms with Gasteiger partial charge in [-0.25, -0.2) is 0 Å². The maximum atomic E-state index is 5.31. The van der Waals surface area contributed by atoms with Crippen molar-refractivity contribution in [3.8, 4) is 0 Å². The van der Waals surface area contributed by atoms with Crippen molar-refractivity contribution in [3.63, 3.8) is 0 Å². The van der Waals surface area contributed by atoms with Gasteiger partial charge in [-0.2, -0.15) is 0 Å². The molecule has 1 heteroatoms. The molecule has 0 aromatic heterocycles. The fourth-order valence-corrected chi connectivity index (χ4v) is 0. The molecule has 0 aromatic carbocycles. The van der Waals surface area contributed by atoms with Crippen LogP contribution in [0.5, 0.6) is 0 Å². The van der Waals surface area contributed by atoms with Crippen LogP contribution in [0.15, 0.2) is 0 Å². The highest BCUT2D eigenvalue weighted by molar-refractivity contribution is 4.59. The van der Waals surface area contributed by atoms with Gasteiger partial charge in [-0.05, 0) is 17.9 Å². The minimum Gasteiger partial charge on any atom is -0.330 e. The lowest BCUT2D eigenvalue weighted by molar-refractivity contribution is 0.428. The van der Waals surface area contributed by atoms with E-state index in [4.69, 9.17) is 5.73 Å². The highest BCUT2D eigenvalue weighted by Gasteiger charge is 2.03. The van der Waals surface area contributed by atoms with E-state index in [1.807, 2.05) is 0 Å². The molecule has 0 aliphatic carbocycles. The third kappa shape index (κ3) is 44.0. The van der Waals surface area contributed by atoms with Gasteiger partial charge in [0.2, 0.25) is 0 Å². The molecule has 0 amide bonds. The van der Waals surface area contributed by atoms with Crippen LogP contribution in [0.1, 0.15) is 41.5 Å². The van der Waals surface area contributed by atoms with Crippen LogP contribution in [-0.2, 0) is 0 Å². The van der Waals surface area contributed by atoms with E-state index in [1.54, 1.807) is 0 Å². The molecule has 0 saturated carbocycles. The zero-order valence-electron chi connectivity index (χ0n) is 8.36. The average molecular weight is 145 g/mol. The standard InChI is InChI=1S/C5H13N.C4H10/c1-5(2,3)4-6;1-4(2)3/h4,6H2,1-3H3;4H,1-3H3. The number of rotatable bonds is 0. The Morgan fingerprint density at radius 3 is 1.20 bits per heavy atom. The van der Waals surface area contributed by atoms with Gasteiger partial charge in [0, 0.05) is 0 Å². The van der Waals surface area contributed by atoms with Gasteiger partial charge in [0.15, 0.2) is 0 Å². The minimum absolute atomic E-state index is 0.319. The number of nitrogens with two attached hydrogens (primary N) is 1. The van der Waals surface area contributed by atoms with Gasteiger partial charge in [0.05, 0.1) is 0 Å². The van der Waals surface area contributed by atoms with Gasteiger partial charge in [-0.1, -0.05) is 41.5 Å². The Balaban J connectivity index is 0. The van der Waals surface area contributed by atoms with Crippen LogP contribution in [0.25, 0.3) is 0 Å². The Kier molecular flexibility index (Phi) is 7.22. The third-order valence-corrected chi connectivity index (χ3v) is 0.612. The first kappa shape index (κ1) is 12.6. The summed E-state index contributed by atoms with van der Waals surface area (Å²) in [7, 11) is 0. The lowest BCUT2D eigenvalue weighted by Gasteiger charge is -2.12. The molecule has 2 N–H and O–H groups in total. The molecule has 0 bridgehead atoms. The first-order valence-electron chi connectivity index (χ1n) is 3.99. The van der Waals surface area contributed by atoms with Crippen molar-refractivity contribution < 1.29 is 0 Å². The van der Waals surface area contributed by atoms with Crippen molar-refractivity contribution in [1.82, 2.24) is 0 Å². The quantitative estimate of drug-likeness (QED) is 0.557. The highest BCUT2D eigenvalue weighted by atomic mass is 14.6. The molecular formula is C9H23N. The molecule has 0 aliphatic rings. The van der Waals surface area contributed by atoms with Crippen molar-refractivity contribution in [3.05, 3.63) is 0 Å². The molecule has 0 aliphatic heterocycles. The summed E-state index contributed by atoms with van der Waals surface area (Å²) in [5, 5.41) is 0. The van der Waals surface area contributed by atoms with Crippen molar-refractivity contribution in [2.24, 2.45) is 17.1 Å². The molecule has 0 rings (SSSR count). The fraction of sp³-hybridized carbons (Fsp3) is 1.00. The predicted molar refractivity (Wildman–Crippen MR) is 49.0 cm³/mol. The monoisotopic (exact) mass is 145 g/mol. The van der Waals surface area contributed by atoms with E-state index in [1.165, 1.54) is 0 Å². The van der Waals surface area contributed by atoms with E-state index < -0.39 is 0 Å². The fourth-order valence-electron chi connectivity index (χ4n) is 0. The molecule has 0 unspecified atom stereocenters. The van der Waals surface area contributed by atoms with E-state index in [-0.39, 0.29) is 0 Å². The van der Waals surface area contributed by atoms with Crippen LogP contribution in [0, 0.1) is 11.3 Å². The topological polar surface area (TPSA) is 26.0 Å². The molecule has 1 nitrogen and oxygen atoms in total. The van der Waals surface area contributed by atoms with Crippen LogP contribution in [0.4, 0.5) is 0 Å². The van der Waals surface area contributed by atoms with Gasteiger partial charge in [0.1, 0.15) is 0 Å². The molecule has 0 heterocycles. The van der Waals surface area contributed by atoms with Gasteiger partial charge in [-0.3, -0.25) is 0 Å². The van der Waals surface area contributed by atoms with Gasteiger partial charge >= 0.3 is 0 Å².